The molecule has 0 spiro atoms. The molecular weight excluding hydrogens is 182 g/mol. The van der Waals surface area contributed by atoms with Crippen molar-refractivity contribution < 1.29 is 0 Å². The Morgan fingerprint density at radius 1 is 1.20 bits per heavy atom. The maximum Gasteiger partial charge on any atom is 0.0458 e. The Morgan fingerprint density at radius 2 is 2.00 bits per heavy atom. The molecule has 0 saturated carbocycles. The van der Waals surface area contributed by atoms with E-state index in [4.69, 9.17) is 0 Å². The second kappa shape index (κ2) is 2.88. The summed E-state index contributed by atoms with van der Waals surface area (Å²) < 4.78 is 0. The normalized spacial score (nSPS) is 19.1. The first-order valence-corrected chi connectivity index (χ1v) is 5.74. The van der Waals surface area contributed by atoms with Gasteiger partial charge in [-0.3, -0.25) is 0 Å². The molecule has 1 aromatic heterocycles. The van der Waals surface area contributed by atoms with Crippen molar-refractivity contribution in [2.75, 3.05) is 0 Å². The molecule has 78 valence electrons. The molecule has 1 aliphatic carbocycles. The maximum absolute atomic E-state index is 3.55. The standard InChI is InChI=1S/C14H17N/c1-14(2)8-7-13-11(9-14)10-5-3-4-6-12(10)15-13/h3-6,15H,7-9H2,1-2H3. The summed E-state index contributed by atoms with van der Waals surface area (Å²) in [6.07, 6.45) is 3.72. The average Bonchev–Trinajstić information content (AvgIpc) is 2.55. The lowest BCUT2D eigenvalue weighted by molar-refractivity contribution is 0.315. The number of para-hydroxylation sites is 1. The molecule has 1 aromatic carbocycles. The molecule has 1 heterocycles. The number of hydrogen-bond donors (Lipinski definition) is 1. The largest absolute Gasteiger partial charge is 0.358 e. The highest BCUT2D eigenvalue weighted by Gasteiger charge is 2.27. The summed E-state index contributed by atoms with van der Waals surface area (Å²) in [6, 6.07) is 8.67. The Kier molecular flexibility index (Phi) is 1.73. The van der Waals surface area contributed by atoms with Crippen molar-refractivity contribution in [3.63, 3.8) is 0 Å². The Morgan fingerprint density at radius 3 is 2.87 bits per heavy atom. The third-order valence-electron chi connectivity index (χ3n) is 3.61. The molecule has 15 heavy (non-hydrogen) atoms. The topological polar surface area (TPSA) is 15.8 Å². The van der Waals surface area contributed by atoms with Crippen LogP contribution >= 0.6 is 0 Å². The van der Waals surface area contributed by atoms with Crippen molar-refractivity contribution in [3.8, 4) is 0 Å². The quantitative estimate of drug-likeness (QED) is 0.666. The molecular formula is C14H17N. The van der Waals surface area contributed by atoms with Gasteiger partial charge in [-0.05, 0) is 36.3 Å². The second-order valence-corrected chi connectivity index (χ2v) is 5.47. The monoisotopic (exact) mass is 199 g/mol. The fourth-order valence-electron chi connectivity index (χ4n) is 2.70. The van der Waals surface area contributed by atoms with Gasteiger partial charge in [0, 0.05) is 16.6 Å². The van der Waals surface area contributed by atoms with Crippen molar-refractivity contribution >= 4 is 10.9 Å². The number of aromatic amines is 1. The number of rotatable bonds is 0. The highest BCUT2D eigenvalue weighted by molar-refractivity contribution is 5.84. The van der Waals surface area contributed by atoms with Crippen LogP contribution in [0.4, 0.5) is 0 Å². The van der Waals surface area contributed by atoms with Crippen LogP contribution in [0, 0.1) is 5.41 Å². The molecule has 1 aliphatic rings. The zero-order valence-corrected chi connectivity index (χ0v) is 9.43. The first kappa shape index (κ1) is 9.02. The maximum atomic E-state index is 3.55. The number of aryl methyl sites for hydroxylation is 1. The number of benzene rings is 1. The third kappa shape index (κ3) is 1.38. The van der Waals surface area contributed by atoms with E-state index >= 15 is 0 Å². The van der Waals surface area contributed by atoms with Crippen LogP contribution in [0.5, 0.6) is 0 Å². The van der Waals surface area contributed by atoms with Gasteiger partial charge in [-0.2, -0.15) is 0 Å². The molecule has 0 unspecified atom stereocenters. The van der Waals surface area contributed by atoms with Gasteiger partial charge >= 0.3 is 0 Å². The molecule has 0 saturated heterocycles. The van der Waals surface area contributed by atoms with Crippen LogP contribution in [0.2, 0.25) is 0 Å². The van der Waals surface area contributed by atoms with E-state index < -0.39 is 0 Å². The van der Waals surface area contributed by atoms with Crippen LogP contribution in [0.3, 0.4) is 0 Å². The van der Waals surface area contributed by atoms with Gasteiger partial charge in [0.05, 0.1) is 0 Å². The number of aromatic nitrogens is 1. The molecule has 3 rings (SSSR count). The fourth-order valence-corrected chi connectivity index (χ4v) is 2.70. The molecule has 0 radical (unpaired) electrons. The summed E-state index contributed by atoms with van der Waals surface area (Å²) >= 11 is 0. The van der Waals surface area contributed by atoms with E-state index in [1.165, 1.54) is 35.9 Å². The highest BCUT2D eigenvalue weighted by atomic mass is 14.7. The van der Waals surface area contributed by atoms with E-state index in [2.05, 4.69) is 43.1 Å². The molecule has 1 N–H and O–H groups in total. The van der Waals surface area contributed by atoms with E-state index in [1.54, 1.807) is 5.56 Å². The van der Waals surface area contributed by atoms with Gasteiger partial charge in [0.1, 0.15) is 0 Å². The van der Waals surface area contributed by atoms with Crippen LogP contribution < -0.4 is 0 Å². The second-order valence-electron chi connectivity index (χ2n) is 5.47. The van der Waals surface area contributed by atoms with Crippen LogP contribution in [0.15, 0.2) is 24.3 Å². The van der Waals surface area contributed by atoms with Crippen LogP contribution in [0.1, 0.15) is 31.5 Å². The van der Waals surface area contributed by atoms with Gasteiger partial charge in [0.25, 0.3) is 0 Å². The average molecular weight is 199 g/mol. The van der Waals surface area contributed by atoms with E-state index in [9.17, 15) is 0 Å². The lowest BCUT2D eigenvalue weighted by atomic mass is 9.76. The number of hydrogen-bond acceptors (Lipinski definition) is 0. The van der Waals surface area contributed by atoms with Gasteiger partial charge in [0.15, 0.2) is 0 Å². The lowest BCUT2D eigenvalue weighted by Crippen LogP contribution is -2.21. The smallest absolute Gasteiger partial charge is 0.0458 e. The Balaban J connectivity index is 2.22. The van der Waals surface area contributed by atoms with E-state index in [0.717, 1.165) is 0 Å². The SMILES string of the molecule is CC1(C)CCc2[nH]c3ccccc3c2C1. The molecule has 1 heteroatoms. The summed E-state index contributed by atoms with van der Waals surface area (Å²) in [5.41, 5.74) is 4.80. The predicted molar refractivity (Wildman–Crippen MR) is 64.1 cm³/mol. The van der Waals surface area contributed by atoms with Crippen molar-refractivity contribution in [1.29, 1.82) is 0 Å². The van der Waals surface area contributed by atoms with E-state index in [1.807, 2.05) is 0 Å². The first-order chi connectivity index (χ1) is 7.16. The molecule has 0 atom stereocenters. The van der Waals surface area contributed by atoms with Crippen LogP contribution in [0.25, 0.3) is 10.9 Å². The Bertz CT molecular complexity index is 505. The van der Waals surface area contributed by atoms with E-state index in [-0.39, 0.29) is 0 Å². The highest BCUT2D eigenvalue weighted by Crippen LogP contribution is 2.37. The zero-order valence-electron chi connectivity index (χ0n) is 9.43. The third-order valence-corrected chi connectivity index (χ3v) is 3.61. The molecule has 0 amide bonds. The fraction of sp³-hybridized carbons (Fsp3) is 0.429. The molecule has 0 fully saturated rings. The minimum atomic E-state index is 0.470. The van der Waals surface area contributed by atoms with Crippen molar-refractivity contribution in [3.05, 3.63) is 35.5 Å². The number of H-pyrrole nitrogens is 1. The predicted octanol–water partition coefficient (Wildman–Crippen LogP) is 3.68. The van der Waals surface area contributed by atoms with Crippen molar-refractivity contribution in [2.24, 2.45) is 5.41 Å². The van der Waals surface area contributed by atoms with Gasteiger partial charge in [0.2, 0.25) is 0 Å². The molecule has 2 aromatic rings. The Labute approximate surface area is 90.5 Å². The van der Waals surface area contributed by atoms with Crippen molar-refractivity contribution in [2.45, 2.75) is 33.1 Å². The summed E-state index contributed by atoms with van der Waals surface area (Å²) in [4.78, 5) is 3.55. The number of fused-ring (bicyclic) bond motifs is 3. The van der Waals surface area contributed by atoms with Gasteiger partial charge in [-0.1, -0.05) is 32.0 Å². The van der Waals surface area contributed by atoms with Gasteiger partial charge in [-0.15, -0.1) is 0 Å². The molecule has 0 aliphatic heterocycles. The van der Waals surface area contributed by atoms with E-state index in [0.29, 0.717) is 5.41 Å². The minimum Gasteiger partial charge on any atom is -0.358 e. The van der Waals surface area contributed by atoms with Crippen LogP contribution in [-0.4, -0.2) is 4.98 Å². The van der Waals surface area contributed by atoms with Gasteiger partial charge < -0.3 is 4.98 Å². The molecule has 1 nitrogen and oxygen atoms in total. The minimum absolute atomic E-state index is 0.470. The summed E-state index contributed by atoms with van der Waals surface area (Å²) in [5, 5.41) is 1.43. The number of nitrogens with one attached hydrogen (secondary N) is 1. The van der Waals surface area contributed by atoms with Gasteiger partial charge in [-0.25, -0.2) is 0 Å². The first-order valence-electron chi connectivity index (χ1n) is 5.74. The summed E-state index contributed by atoms with van der Waals surface area (Å²) in [5.74, 6) is 0. The molecule has 0 bridgehead atoms. The zero-order chi connectivity index (χ0) is 10.5. The summed E-state index contributed by atoms with van der Waals surface area (Å²) in [6.45, 7) is 4.75. The lowest BCUT2D eigenvalue weighted by Gasteiger charge is -2.29. The van der Waals surface area contributed by atoms with Crippen molar-refractivity contribution in [1.82, 2.24) is 4.98 Å². The Hall–Kier alpha value is -1.24. The summed E-state index contributed by atoms with van der Waals surface area (Å²) in [7, 11) is 0. The van der Waals surface area contributed by atoms with Crippen LogP contribution in [-0.2, 0) is 12.8 Å².